The molecule has 5 rings (SSSR count). The summed E-state index contributed by atoms with van der Waals surface area (Å²) in [5.74, 6) is -0.602. The van der Waals surface area contributed by atoms with Gasteiger partial charge in [-0.2, -0.15) is 0 Å². The van der Waals surface area contributed by atoms with E-state index >= 15 is 0 Å². The Balaban J connectivity index is 1.81. The summed E-state index contributed by atoms with van der Waals surface area (Å²) in [6, 6.07) is 31.3. The zero-order valence-corrected chi connectivity index (χ0v) is 18.1. The number of fused-ring (bicyclic) bond motifs is 1. The molecule has 2 atom stereocenters. The zero-order chi connectivity index (χ0) is 22.9. The number of aryl methyl sites for hydroxylation is 1. The van der Waals surface area contributed by atoms with Gasteiger partial charge in [-0.1, -0.05) is 84.4 Å². The standard InChI is InChI=1S/C28H22N2O3/c1-19-15-17-21(18-16-19)29-27(24-13-7-8-14-25(24)30(32)33)23-12-6-5-11-22(23)26(28(29)31)20-9-3-2-4-10-20/h2-18,26-27H,1H3/t26-,27+/m1/s1. The molecular formula is C28H22N2O3. The molecule has 1 aliphatic rings. The van der Waals surface area contributed by atoms with Crippen LogP contribution in [0.25, 0.3) is 0 Å². The molecule has 0 saturated carbocycles. The van der Waals surface area contributed by atoms with Crippen LogP contribution < -0.4 is 4.90 Å². The molecule has 0 aliphatic carbocycles. The van der Waals surface area contributed by atoms with Gasteiger partial charge in [0.05, 0.1) is 22.4 Å². The van der Waals surface area contributed by atoms with Crippen LogP contribution in [0.3, 0.4) is 0 Å². The molecule has 4 aromatic carbocycles. The quantitative estimate of drug-likeness (QED) is 0.285. The van der Waals surface area contributed by atoms with Crippen molar-refractivity contribution in [3.8, 4) is 0 Å². The van der Waals surface area contributed by atoms with Crippen LogP contribution in [0.1, 0.15) is 39.8 Å². The molecule has 162 valence electrons. The van der Waals surface area contributed by atoms with Crippen molar-refractivity contribution >= 4 is 17.3 Å². The van der Waals surface area contributed by atoms with E-state index in [1.165, 1.54) is 6.07 Å². The van der Waals surface area contributed by atoms with Crippen LogP contribution in [0.5, 0.6) is 0 Å². The fourth-order valence-electron chi connectivity index (χ4n) is 4.70. The summed E-state index contributed by atoms with van der Waals surface area (Å²) in [5, 5.41) is 11.9. The van der Waals surface area contributed by atoms with Crippen LogP contribution >= 0.6 is 0 Å². The predicted molar refractivity (Wildman–Crippen MR) is 128 cm³/mol. The minimum atomic E-state index is -0.613. The van der Waals surface area contributed by atoms with Crippen LogP contribution in [-0.2, 0) is 4.79 Å². The topological polar surface area (TPSA) is 63.5 Å². The molecule has 0 unspecified atom stereocenters. The summed E-state index contributed by atoms with van der Waals surface area (Å²) in [7, 11) is 0. The van der Waals surface area contributed by atoms with Crippen LogP contribution in [0.2, 0.25) is 0 Å². The van der Waals surface area contributed by atoms with Crippen molar-refractivity contribution in [3.05, 3.63) is 141 Å². The fourth-order valence-corrected chi connectivity index (χ4v) is 4.70. The lowest BCUT2D eigenvalue weighted by Gasteiger charge is -2.41. The van der Waals surface area contributed by atoms with Gasteiger partial charge in [-0.05, 0) is 41.8 Å². The third-order valence-electron chi connectivity index (χ3n) is 6.22. The summed E-state index contributed by atoms with van der Waals surface area (Å²) >= 11 is 0. The Bertz CT molecular complexity index is 1330. The van der Waals surface area contributed by atoms with E-state index in [1.807, 2.05) is 85.8 Å². The van der Waals surface area contributed by atoms with Crippen molar-refractivity contribution in [1.82, 2.24) is 0 Å². The molecule has 0 fully saturated rings. The highest BCUT2D eigenvalue weighted by Gasteiger charge is 2.43. The van der Waals surface area contributed by atoms with Gasteiger partial charge >= 0.3 is 0 Å². The highest BCUT2D eigenvalue weighted by Crippen LogP contribution is 2.47. The van der Waals surface area contributed by atoms with Crippen molar-refractivity contribution in [2.45, 2.75) is 18.9 Å². The lowest BCUT2D eigenvalue weighted by atomic mass is 9.78. The van der Waals surface area contributed by atoms with Gasteiger partial charge in [0.15, 0.2) is 0 Å². The maximum Gasteiger partial charge on any atom is 0.275 e. The summed E-state index contributed by atoms with van der Waals surface area (Å²) in [6.07, 6.45) is 0. The normalized spacial score (nSPS) is 17.5. The van der Waals surface area contributed by atoms with Gasteiger partial charge in [0.2, 0.25) is 5.91 Å². The number of para-hydroxylation sites is 1. The van der Waals surface area contributed by atoms with E-state index in [0.717, 1.165) is 22.3 Å². The first-order valence-corrected chi connectivity index (χ1v) is 10.8. The highest BCUT2D eigenvalue weighted by molar-refractivity contribution is 6.03. The van der Waals surface area contributed by atoms with Gasteiger partial charge in [-0.3, -0.25) is 19.8 Å². The first-order chi connectivity index (χ1) is 16.1. The number of carbonyl (C=O) groups excluding carboxylic acids is 1. The van der Waals surface area contributed by atoms with E-state index in [4.69, 9.17) is 0 Å². The van der Waals surface area contributed by atoms with Gasteiger partial charge in [-0.15, -0.1) is 0 Å². The SMILES string of the molecule is Cc1ccc(N2C(=O)[C@H](c3ccccc3)c3ccccc3[C@H]2c2ccccc2[N+](=O)[O-])cc1. The van der Waals surface area contributed by atoms with Crippen LogP contribution in [0.4, 0.5) is 11.4 Å². The van der Waals surface area contributed by atoms with E-state index in [1.54, 1.807) is 23.1 Å². The first-order valence-electron chi connectivity index (χ1n) is 10.8. The molecule has 1 heterocycles. The Kier molecular flexibility index (Phi) is 5.23. The number of carbonyl (C=O) groups is 1. The molecule has 0 saturated heterocycles. The highest BCUT2D eigenvalue weighted by atomic mass is 16.6. The monoisotopic (exact) mass is 434 g/mol. The van der Waals surface area contributed by atoms with Crippen LogP contribution in [0.15, 0.2) is 103 Å². The van der Waals surface area contributed by atoms with Crippen molar-refractivity contribution in [2.75, 3.05) is 4.90 Å². The number of nitro groups is 1. The molecule has 0 bridgehead atoms. The smallest absolute Gasteiger partial charge is 0.275 e. The molecule has 1 aliphatic heterocycles. The van der Waals surface area contributed by atoms with E-state index in [-0.39, 0.29) is 16.5 Å². The van der Waals surface area contributed by atoms with Crippen molar-refractivity contribution in [1.29, 1.82) is 0 Å². The van der Waals surface area contributed by atoms with E-state index in [9.17, 15) is 14.9 Å². The van der Waals surface area contributed by atoms with Gasteiger partial charge in [-0.25, -0.2) is 0 Å². The first kappa shape index (κ1) is 20.6. The summed E-state index contributed by atoms with van der Waals surface area (Å²) in [6.45, 7) is 1.99. The number of rotatable bonds is 4. The Morgan fingerprint density at radius 3 is 1.97 bits per heavy atom. The van der Waals surface area contributed by atoms with E-state index in [2.05, 4.69) is 0 Å². The third-order valence-corrected chi connectivity index (χ3v) is 6.22. The lowest BCUT2D eigenvalue weighted by Crippen LogP contribution is -2.44. The maximum absolute atomic E-state index is 14.2. The molecule has 0 N–H and O–H groups in total. The van der Waals surface area contributed by atoms with Gasteiger partial charge in [0.25, 0.3) is 5.69 Å². The lowest BCUT2D eigenvalue weighted by molar-refractivity contribution is -0.385. The number of benzene rings is 4. The van der Waals surface area contributed by atoms with Gasteiger partial charge < -0.3 is 0 Å². The van der Waals surface area contributed by atoms with Crippen molar-refractivity contribution in [3.63, 3.8) is 0 Å². The predicted octanol–water partition coefficient (Wildman–Crippen LogP) is 6.17. The molecular weight excluding hydrogens is 412 g/mol. The second-order valence-corrected chi connectivity index (χ2v) is 8.23. The number of nitrogens with zero attached hydrogens (tertiary/aromatic N) is 2. The number of hydrogen-bond donors (Lipinski definition) is 0. The molecule has 5 heteroatoms. The third kappa shape index (κ3) is 3.57. The molecule has 0 radical (unpaired) electrons. The van der Waals surface area contributed by atoms with Crippen LogP contribution in [-0.4, -0.2) is 10.8 Å². The van der Waals surface area contributed by atoms with Crippen molar-refractivity contribution in [2.24, 2.45) is 0 Å². The Morgan fingerprint density at radius 2 is 1.30 bits per heavy atom. The van der Waals surface area contributed by atoms with Gasteiger partial charge in [0, 0.05) is 11.8 Å². The largest absolute Gasteiger partial charge is 0.300 e. The van der Waals surface area contributed by atoms with Crippen LogP contribution in [0, 0.1) is 17.0 Å². The number of nitro benzene ring substituents is 1. The molecule has 0 aromatic heterocycles. The second kappa shape index (κ2) is 8.36. The number of anilines is 1. The molecule has 1 amide bonds. The summed E-state index contributed by atoms with van der Waals surface area (Å²) < 4.78 is 0. The zero-order valence-electron chi connectivity index (χ0n) is 18.1. The average molecular weight is 434 g/mol. The molecule has 33 heavy (non-hydrogen) atoms. The Morgan fingerprint density at radius 1 is 0.727 bits per heavy atom. The summed E-state index contributed by atoms with van der Waals surface area (Å²) in [5.41, 5.74) is 4.94. The summed E-state index contributed by atoms with van der Waals surface area (Å²) in [4.78, 5) is 27.5. The minimum absolute atomic E-state index is 0.000348. The Hall–Kier alpha value is -4.25. The van der Waals surface area contributed by atoms with Gasteiger partial charge in [0.1, 0.15) is 0 Å². The maximum atomic E-state index is 14.2. The average Bonchev–Trinajstić information content (AvgIpc) is 2.84. The molecule has 0 spiro atoms. The Labute approximate surface area is 192 Å². The number of hydrogen-bond acceptors (Lipinski definition) is 3. The molecule has 5 nitrogen and oxygen atoms in total. The number of amides is 1. The van der Waals surface area contributed by atoms with E-state index in [0.29, 0.717) is 11.3 Å². The second-order valence-electron chi connectivity index (χ2n) is 8.23. The fraction of sp³-hybridized carbons (Fsp3) is 0.107. The van der Waals surface area contributed by atoms with E-state index < -0.39 is 12.0 Å². The molecule has 4 aromatic rings. The van der Waals surface area contributed by atoms with Crippen molar-refractivity contribution < 1.29 is 9.72 Å². The minimum Gasteiger partial charge on any atom is -0.300 e.